The number of likely N-dealkylation sites (N-methyl/N-ethyl adjacent to an activating group) is 1. The highest BCUT2D eigenvalue weighted by Gasteiger charge is 2.36. The molecule has 0 amide bonds. The van der Waals surface area contributed by atoms with Gasteiger partial charge in [0.15, 0.2) is 0 Å². The summed E-state index contributed by atoms with van der Waals surface area (Å²) in [6.07, 6.45) is 1.50. The molecule has 7 nitrogen and oxygen atoms in total. The van der Waals surface area contributed by atoms with E-state index in [1.165, 1.54) is 0 Å². The van der Waals surface area contributed by atoms with Crippen molar-refractivity contribution in [2.45, 2.75) is 12.0 Å². The van der Waals surface area contributed by atoms with Gasteiger partial charge in [0.05, 0.1) is 41.6 Å². The van der Waals surface area contributed by atoms with Crippen LogP contribution >= 0.6 is 15.9 Å². The van der Waals surface area contributed by atoms with Gasteiger partial charge in [-0.25, -0.2) is 0 Å². The number of fused-ring (bicyclic) bond motifs is 1. The summed E-state index contributed by atoms with van der Waals surface area (Å²) < 4.78 is 6.65. The Morgan fingerprint density at radius 2 is 2.15 bits per heavy atom. The number of hydrogen-bond donors (Lipinski definition) is 2. The van der Waals surface area contributed by atoms with E-state index in [-0.39, 0.29) is 12.0 Å². The van der Waals surface area contributed by atoms with Crippen LogP contribution < -0.4 is 5.32 Å². The molecule has 3 heterocycles. The van der Waals surface area contributed by atoms with Crippen LogP contribution in [0.25, 0.3) is 0 Å². The third-order valence-corrected chi connectivity index (χ3v) is 5.88. The Bertz CT molecular complexity index is 998. The number of ether oxygens (including phenoxy) is 1. The molecule has 1 saturated heterocycles. The maximum absolute atomic E-state index is 10.0. The number of benzene rings is 1. The fourth-order valence-electron chi connectivity index (χ4n) is 3.64. The second-order valence-electron chi connectivity index (χ2n) is 6.64. The van der Waals surface area contributed by atoms with Gasteiger partial charge in [0.2, 0.25) is 0 Å². The van der Waals surface area contributed by atoms with Crippen LogP contribution in [-0.4, -0.2) is 47.9 Å². The highest BCUT2D eigenvalue weighted by Crippen LogP contribution is 2.44. The zero-order valence-corrected chi connectivity index (χ0v) is 16.2. The first-order chi connectivity index (χ1) is 13.1. The van der Waals surface area contributed by atoms with Gasteiger partial charge in [-0.05, 0) is 34.6 Å². The number of allylic oxidation sites excluding steroid dienone is 1. The van der Waals surface area contributed by atoms with E-state index >= 15 is 0 Å². The minimum absolute atomic E-state index is 0.227. The molecule has 2 unspecified atom stereocenters. The number of nitrogens with zero attached hydrogens (tertiary/aromatic N) is 4. The molecule has 136 valence electrons. The van der Waals surface area contributed by atoms with Crippen LogP contribution in [0.2, 0.25) is 0 Å². The number of hydrogen-bond acceptors (Lipinski definition) is 6. The van der Waals surface area contributed by atoms with Gasteiger partial charge < -0.3 is 15.0 Å². The van der Waals surface area contributed by atoms with Gasteiger partial charge >= 0.3 is 0 Å². The highest BCUT2D eigenvalue weighted by molar-refractivity contribution is 9.10. The van der Waals surface area contributed by atoms with Gasteiger partial charge in [-0.1, -0.05) is 12.1 Å². The third kappa shape index (κ3) is 3.02. The van der Waals surface area contributed by atoms with E-state index < -0.39 is 0 Å². The molecule has 2 atom stereocenters. The van der Waals surface area contributed by atoms with Crippen LogP contribution in [0, 0.1) is 22.7 Å². The zero-order chi connectivity index (χ0) is 19.0. The van der Waals surface area contributed by atoms with Crippen LogP contribution in [-0.2, 0) is 4.74 Å². The number of nitriles is 2. The molecular formula is C19H17BrN6O. The van der Waals surface area contributed by atoms with E-state index in [0.717, 1.165) is 29.2 Å². The Balaban J connectivity index is 1.89. The van der Waals surface area contributed by atoms with Gasteiger partial charge in [0.25, 0.3) is 0 Å². The summed E-state index contributed by atoms with van der Waals surface area (Å²) in [7, 11) is 2.04. The molecule has 2 aromatic rings. The number of aromatic nitrogens is 2. The number of H-pyrrole nitrogens is 1. The lowest BCUT2D eigenvalue weighted by Gasteiger charge is -2.35. The maximum Gasteiger partial charge on any atom is 0.129 e. The number of halogens is 1. The molecule has 8 heteroatoms. The molecule has 27 heavy (non-hydrogen) atoms. The molecule has 2 aliphatic rings. The van der Waals surface area contributed by atoms with Crippen molar-refractivity contribution in [2.75, 3.05) is 32.1 Å². The van der Waals surface area contributed by atoms with E-state index in [4.69, 9.17) is 4.74 Å². The van der Waals surface area contributed by atoms with Crippen LogP contribution in [0.3, 0.4) is 0 Å². The standard InChI is InChI=1S/C19H17BrN6O/c1-26-5-6-27-15(10-26)18-13(8-22)16(14-9-23-25-19(14)24-18)12-4-2-3-11(7-21)17(12)20/h2-4,9,15-16H,5-6,10H2,1H3,(H2,23,24,25). The van der Waals surface area contributed by atoms with Crippen molar-refractivity contribution in [2.24, 2.45) is 0 Å². The first-order valence-electron chi connectivity index (χ1n) is 8.57. The van der Waals surface area contributed by atoms with Gasteiger partial charge in [0.1, 0.15) is 18.0 Å². The van der Waals surface area contributed by atoms with E-state index in [1.54, 1.807) is 12.3 Å². The first-order valence-corrected chi connectivity index (χ1v) is 9.36. The zero-order valence-electron chi connectivity index (χ0n) is 14.7. The molecule has 0 spiro atoms. The fraction of sp³-hybridized carbons (Fsp3) is 0.316. The average Bonchev–Trinajstić information content (AvgIpc) is 3.15. The molecule has 1 fully saturated rings. The minimum Gasteiger partial charge on any atom is -0.369 e. The van der Waals surface area contributed by atoms with E-state index in [1.807, 2.05) is 19.2 Å². The van der Waals surface area contributed by atoms with Crippen molar-refractivity contribution < 1.29 is 4.74 Å². The molecule has 2 N–H and O–H groups in total. The lowest BCUT2D eigenvalue weighted by molar-refractivity contribution is 0.000832. The molecule has 2 aliphatic heterocycles. The first kappa shape index (κ1) is 17.7. The summed E-state index contributed by atoms with van der Waals surface area (Å²) in [4.78, 5) is 2.18. The Hall–Kier alpha value is -2.65. The molecule has 1 aromatic carbocycles. The van der Waals surface area contributed by atoms with E-state index in [9.17, 15) is 10.5 Å². The van der Waals surface area contributed by atoms with Crippen molar-refractivity contribution in [1.82, 2.24) is 15.1 Å². The van der Waals surface area contributed by atoms with Gasteiger partial charge in [0, 0.05) is 23.1 Å². The van der Waals surface area contributed by atoms with Crippen LogP contribution in [0.5, 0.6) is 0 Å². The molecule has 0 bridgehead atoms. The molecule has 0 aliphatic carbocycles. The number of nitrogens with one attached hydrogen (secondary N) is 2. The van der Waals surface area contributed by atoms with E-state index in [2.05, 4.69) is 48.5 Å². The molecule has 1 aromatic heterocycles. The Morgan fingerprint density at radius 1 is 1.30 bits per heavy atom. The topological polar surface area (TPSA) is 101 Å². The summed E-state index contributed by atoms with van der Waals surface area (Å²) in [5, 5.41) is 29.9. The van der Waals surface area contributed by atoms with Crippen molar-refractivity contribution in [3.05, 3.63) is 56.8 Å². The van der Waals surface area contributed by atoms with Crippen molar-refractivity contribution in [3.8, 4) is 12.1 Å². The lowest BCUT2D eigenvalue weighted by Crippen LogP contribution is -2.43. The van der Waals surface area contributed by atoms with E-state index in [0.29, 0.717) is 28.8 Å². The lowest BCUT2D eigenvalue weighted by atomic mass is 9.82. The summed E-state index contributed by atoms with van der Waals surface area (Å²) in [5.41, 5.74) is 3.59. The van der Waals surface area contributed by atoms with Gasteiger partial charge in [-0.15, -0.1) is 0 Å². The highest BCUT2D eigenvalue weighted by atomic mass is 79.9. The summed E-state index contributed by atoms with van der Waals surface area (Å²) in [5.74, 6) is 0.415. The summed E-state index contributed by atoms with van der Waals surface area (Å²) >= 11 is 3.55. The Labute approximate surface area is 165 Å². The predicted molar refractivity (Wildman–Crippen MR) is 103 cm³/mol. The summed E-state index contributed by atoms with van der Waals surface area (Å²) in [6, 6.07) is 10.1. The Kier molecular flexibility index (Phi) is 4.71. The Morgan fingerprint density at radius 3 is 2.89 bits per heavy atom. The quantitative estimate of drug-likeness (QED) is 0.768. The van der Waals surface area contributed by atoms with Gasteiger partial charge in [-0.2, -0.15) is 15.6 Å². The van der Waals surface area contributed by atoms with Crippen LogP contribution in [0.1, 0.15) is 22.6 Å². The largest absolute Gasteiger partial charge is 0.369 e. The number of aromatic amines is 1. The van der Waals surface area contributed by atoms with Crippen molar-refractivity contribution in [3.63, 3.8) is 0 Å². The van der Waals surface area contributed by atoms with Crippen LogP contribution in [0.15, 0.2) is 40.1 Å². The maximum atomic E-state index is 10.0. The van der Waals surface area contributed by atoms with Crippen LogP contribution in [0.4, 0.5) is 5.82 Å². The molecular weight excluding hydrogens is 408 g/mol. The average molecular weight is 425 g/mol. The molecule has 4 rings (SSSR count). The number of anilines is 1. The molecule has 0 radical (unpaired) electrons. The third-order valence-electron chi connectivity index (χ3n) is 4.99. The second kappa shape index (κ2) is 7.16. The normalized spacial score (nSPS) is 22.5. The number of rotatable bonds is 2. The second-order valence-corrected chi connectivity index (χ2v) is 7.43. The fourth-order valence-corrected chi connectivity index (χ4v) is 4.22. The summed E-state index contributed by atoms with van der Waals surface area (Å²) in [6.45, 7) is 2.17. The van der Waals surface area contributed by atoms with Gasteiger partial charge in [-0.3, -0.25) is 5.10 Å². The van der Waals surface area contributed by atoms with Crippen molar-refractivity contribution in [1.29, 1.82) is 10.5 Å². The smallest absolute Gasteiger partial charge is 0.129 e. The monoisotopic (exact) mass is 424 g/mol. The molecule has 0 saturated carbocycles. The number of morpholine rings is 1. The SMILES string of the molecule is CN1CCOC(C2=C(C#N)C(c3cccc(C#N)c3Br)c3cn[nH]c3N2)C1. The minimum atomic E-state index is -0.335. The predicted octanol–water partition coefficient (Wildman–Crippen LogP) is 2.71. The van der Waals surface area contributed by atoms with Crippen molar-refractivity contribution >= 4 is 21.7 Å².